The van der Waals surface area contributed by atoms with Gasteiger partial charge in [-0.15, -0.1) is 11.8 Å². The van der Waals surface area contributed by atoms with E-state index in [0.29, 0.717) is 0 Å². The van der Waals surface area contributed by atoms with Gasteiger partial charge in [-0.1, -0.05) is 17.8 Å². The van der Waals surface area contributed by atoms with Gasteiger partial charge >= 0.3 is 0 Å². The highest BCUT2D eigenvalue weighted by atomic mass is 32.2. The van der Waals surface area contributed by atoms with Gasteiger partial charge in [-0.3, -0.25) is 9.69 Å². The number of thioether (sulfide) groups is 1. The van der Waals surface area contributed by atoms with Crippen molar-refractivity contribution < 1.29 is 9.53 Å². The van der Waals surface area contributed by atoms with Crippen LogP contribution in [0.3, 0.4) is 0 Å². The quantitative estimate of drug-likeness (QED) is 0.621. The molecule has 2 aromatic rings. The minimum Gasteiger partial charge on any atom is -0.497 e. The summed E-state index contributed by atoms with van der Waals surface area (Å²) in [5.74, 6) is 2.85. The number of thiazole rings is 1. The number of unbranched alkanes of at least 4 members (excludes halogenated alkanes) is 1. The van der Waals surface area contributed by atoms with Crippen LogP contribution in [0.2, 0.25) is 0 Å². The monoisotopic (exact) mass is 449 g/mol. The molecule has 30 heavy (non-hydrogen) atoms. The van der Waals surface area contributed by atoms with Gasteiger partial charge in [0.2, 0.25) is 5.91 Å². The zero-order valence-corrected chi connectivity index (χ0v) is 19.2. The smallest absolute Gasteiger partial charge is 0.240 e. The molecule has 0 saturated carbocycles. The Hall–Kier alpha value is -1.55. The van der Waals surface area contributed by atoms with Crippen LogP contribution in [-0.4, -0.2) is 84.7 Å². The van der Waals surface area contributed by atoms with Crippen LogP contribution in [0.25, 0.3) is 10.2 Å². The van der Waals surface area contributed by atoms with E-state index in [4.69, 9.17) is 15.5 Å². The van der Waals surface area contributed by atoms with Crippen LogP contribution in [0.15, 0.2) is 18.2 Å². The van der Waals surface area contributed by atoms with Crippen molar-refractivity contribution >= 4 is 44.4 Å². The van der Waals surface area contributed by atoms with E-state index in [-0.39, 0.29) is 11.9 Å². The average molecular weight is 450 g/mol. The van der Waals surface area contributed by atoms with E-state index in [1.165, 1.54) is 4.70 Å². The summed E-state index contributed by atoms with van der Waals surface area (Å²) in [6.07, 6.45) is 2.89. The highest BCUT2D eigenvalue weighted by Gasteiger charge is 2.24. The van der Waals surface area contributed by atoms with Gasteiger partial charge in [0.1, 0.15) is 5.75 Å². The molecule has 4 rings (SSSR count). The number of nitrogens with two attached hydrogens (primary N) is 1. The van der Waals surface area contributed by atoms with Gasteiger partial charge < -0.3 is 20.3 Å². The number of methoxy groups -OCH3 is 1. The first-order chi connectivity index (χ1) is 14.6. The van der Waals surface area contributed by atoms with Gasteiger partial charge in [0.05, 0.1) is 29.2 Å². The summed E-state index contributed by atoms with van der Waals surface area (Å²) in [6.45, 7) is 6.03. The van der Waals surface area contributed by atoms with Crippen LogP contribution in [0.1, 0.15) is 19.3 Å². The highest BCUT2D eigenvalue weighted by Crippen LogP contribution is 2.31. The predicted molar refractivity (Wildman–Crippen MR) is 126 cm³/mol. The number of nitrogens with zero attached hydrogens (tertiary/aromatic N) is 4. The molecule has 0 radical (unpaired) electrons. The van der Waals surface area contributed by atoms with E-state index in [1.807, 2.05) is 17.0 Å². The van der Waals surface area contributed by atoms with Gasteiger partial charge in [0.15, 0.2) is 5.13 Å². The second kappa shape index (κ2) is 10.2. The Balaban J connectivity index is 1.17. The maximum atomic E-state index is 12.3. The SMILES string of the molecule is COc1ccc2nc(N3CCN(CCCCC(N)C(=O)N4CCSC4)CC3)sc2c1. The summed E-state index contributed by atoms with van der Waals surface area (Å²) in [4.78, 5) is 23.9. The molecule has 0 bridgehead atoms. The number of carbonyl (C=O) groups excluding carboxylic acids is 1. The lowest BCUT2D eigenvalue weighted by atomic mass is 10.1. The molecule has 164 valence electrons. The van der Waals surface area contributed by atoms with Crippen molar-refractivity contribution in [2.45, 2.75) is 25.3 Å². The van der Waals surface area contributed by atoms with Gasteiger partial charge in [-0.25, -0.2) is 4.98 Å². The summed E-state index contributed by atoms with van der Waals surface area (Å²) in [7, 11) is 1.70. The number of aromatic nitrogens is 1. The molecule has 7 nitrogen and oxygen atoms in total. The van der Waals surface area contributed by atoms with E-state index in [0.717, 1.165) is 86.6 Å². The zero-order chi connectivity index (χ0) is 20.9. The van der Waals surface area contributed by atoms with Crippen molar-refractivity contribution in [3.8, 4) is 5.75 Å². The molecule has 1 atom stereocenters. The lowest BCUT2D eigenvalue weighted by Gasteiger charge is -2.34. The first-order valence-electron chi connectivity index (χ1n) is 10.7. The number of hydrogen-bond donors (Lipinski definition) is 1. The molecule has 1 aromatic heterocycles. The fourth-order valence-electron chi connectivity index (χ4n) is 3.96. The average Bonchev–Trinajstić information content (AvgIpc) is 3.46. The first-order valence-corrected chi connectivity index (χ1v) is 12.6. The van der Waals surface area contributed by atoms with Crippen LogP contribution in [0.4, 0.5) is 5.13 Å². The van der Waals surface area contributed by atoms with Crippen molar-refractivity contribution in [1.82, 2.24) is 14.8 Å². The standard InChI is InChI=1S/C21H31N5O2S2/c1-28-16-5-6-18-19(14-16)30-21(23-18)25-10-8-24(9-11-25)7-3-2-4-17(22)20(27)26-12-13-29-15-26/h5-6,14,17H,2-4,7-13,15,22H2,1H3. The summed E-state index contributed by atoms with van der Waals surface area (Å²) >= 11 is 3.54. The van der Waals surface area contributed by atoms with E-state index in [2.05, 4.69) is 15.9 Å². The van der Waals surface area contributed by atoms with Crippen LogP contribution in [0, 0.1) is 0 Å². The highest BCUT2D eigenvalue weighted by molar-refractivity contribution is 7.99. The number of piperazine rings is 1. The molecule has 3 heterocycles. The molecule has 1 amide bonds. The number of benzene rings is 1. The van der Waals surface area contributed by atoms with Crippen LogP contribution < -0.4 is 15.4 Å². The van der Waals surface area contributed by atoms with Crippen molar-refractivity contribution in [1.29, 1.82) is 0 Å². The summed E-state index contributed by atoms with van der Waals surface area (Å²) in [5.41, 5.74) is 7.15. The third-order valence-corrected chi connectivity index (χ3v) is 7.89. The third kappa shape index (κ3) is 5.19. The predicted octanol–water partition coefficient (Wildman–Crippen LogP) is 2.46. The summed E-state index contributed by atoms with van der Waals surface area (Å²) in [5, 5.41) is 1.10. The molecule has 1 unspecified atom stereocenters. The molecule has 1 aromatic carbocycles. The Morgan fingerprint density at radius 2 is 2.07 bits per heavy atom. The second-order valence-corrected chi connectivity index (χ2v) is 9.98. The molecule has 9 heteroatoms. The molecule has 2 saturated heterocycles. The lowest BCUT2D eigenvalue weighted by molar-refractivity contribution is -0.131. The molecular weight excluding hydrogens is 418 g/mol. The first kappa shape index (κ1) is 21.7. The van der Waals surface area contributed by atoms with E-state index < -0.39 is 0 Å². The number of rotatable bonds is 8. The van der Waals surface area contributed by atoms with E-state index in [9.17, 15) is 4.79 Å². The number of amides is 1. The number of carbonyl (C=O) groups is 1. The van der Waals surface area contributed by atoms with Crippen LogP contribution >= 0.6 is 23.1 Å². The molecule has 2 N–H and O–H groups in total. The Kier molecular flexibility index (Phi) is 7.35. The largest absolute Gasteiger partial charge is 0.497 e. The maximum absolute atomic E-state index is 12.3. The van der Waals surface area contributed by atoms with Gasteiger partial charge in [0, 0.05) is 38.5 Å². The molecular formula is C21H31N5O2S2. The zero-order valence-electron chi connectivity index (χ0n) is 17.6. The van der Waals surface area contributed by atoms with Gasteiger partial charge in [0.25, 0.3) is 0 Å². The fraction of sp³-hybridized carbons (Fsp3) is 0.619. The van der Waals surface area contributed by atoms with Gasteiger partial charge in [-0.05, 0) is 37.6 Å². The normalized spacial score (nSPS) is 18.9. The summed E-state index contributed by atoms with van der Waals surface area (Å²) < 4.78 is 6.49. The Labute approximate surface area is 186 Å². The van der Waals surface area contributed by atoms with E-state index in [1.54, 1.807) is 30.2 Å². The van der Waals surface area contributed by atoms with Crippen molar-refractivity contribution in [2.75, 3.05) is 62.9 Å². The number of fused-ring (bicyclic) bond motifs is 1. The molecule has 2 aliphatic rings. The third-order valence-electron chi connectivity index (χ3n) is 5.85. The van der Waals surface area contributed by atoms with Crippen LogP contribution in [0.5, 0.6) is 5.75 Å². The molecule has 2 aliphatic heterocycles. The summed E-state index contributed by atoms with van der Waals surface area (Å²) in [6, 6.07) is 5.72. The Bertz CT molecular complexity index is 847. The molecule has 0 aliphatic carbocycles. The topological polar surface area (TPSA) is 74.9 Å². The molecule has 2 fully saturated rings. The minimum atomic E-state index is -0.335. The van der Waals surface area contributed by atoms with Crippen molar-refractivity contribution in [3.63, 3.8) is 0 Å². The fourth-order valence-corrected chi connectivity index (χ4v) is 5.96. The van der Waals surface area contributed by atoms with Crippen molar-refractivity contribution in [3.05, 3.63) is 18.2 Å². The van der Waals surface area contributed by atoms with Gasteiger partial charge in [-0.2, -0.15) is 0 Å². The maximum Gasteiger partial charge on any atom is 0.240 e. The second-order valence-electron chi connectivity index (χ2n) is 7.90. The number of ether oxygens (including phenoxy) is 1. The van der Waals surface area contributed by atoms with Crippen LogP contribution in [-0.2, 0) is 4.79 Å². The number of hydrogen-bond acceptors (Lipinski definition) is 8. The minimum absolute atomic E-state index is 0.127. The van der Waals surface area contributed by atoms with Crippen molar-refractivity contribution in [2.24, 2.45) is 5.73 Å². The Morgan fingerprint density at radius 3 is 2.80 bits per heavy atom. The van der Waals surface area contributed by atoms with E-state index >= 15 is 0 Å². The lowest BCUT2D eigenvalue weighted by Crippen LogP contribution is -2.46. The molecule has 0 spiro atoms. The Morgan fingerprint density at radius 1 is 1.23 bits per heavy atom. The number of anilines is 1.